The third kappa shape index (κ3) is 2.22. The molecule has 0 aromatic carbocycles. The van der Waals surface area contributed by atoms with Gasteiger partial charge >= 0.3 is 6.03 Å². The molecule has 112 valence electrons. The fourth-order valence-corrected chi connectivity index (χ4v) is 4.32. The zero-order chi connectivity index (χ0) is 15.1. The van der Waals surface area contributed by atoms with Crippen molar-refractivity contribution in [3.8, 4) is 0 Å². The van der Waals surface area contributed by atoms with Crippen LogP contribution in [0, 0.1) is 0 Å². The first-order valence-corrected chi connectivity index (χ1v) is 8.64. The first-order chi connectivity index (χ1) is 10.7. The number of nitrogens with one attached hydrogen (secondary N) is 2. The molecule has 0 bridgehead atoms. The summed E-state index contributed by atoms with van der Waals surface area (Å²) in [4.78, 5) is 28.5. The van der Waals surface area contributed by atoms with Crippen LogP contribution in [0.2, 0.25) is 0 Å². The van der Waals surface area contributed by atoms with E-state index in [0.717, 1.165) is 15.5 Å². The van der Waals surface area contributed by atoms with Crippen molar-refractivity contribution in [2.75, 3.05) is 6.54 Å². The van der Waals surface area contributed by atoms with E-state index in [1.807, 2.05) is 35.0 Å². The number of hydrogen-bond acceptors (Lipinski definition) is 4. The SMILES string of the molecule is O=C1NC2=C(C(=O)N(Cc3cccs3)C2)C(c2cccs2)N1. The van der Waals surface area contributed by atoms with Crippen molar-refractivity contribution in [1.29, 1.82) is 0 Å². The summed E-state index contributed by atoms with van der Waals surface area (Å²) >= 11 is 3.17. The lowest BCUT2D eigenvalue weighted by Crippen LogP contribution is -2.44. The first-order valence-electron chi connectivity index (χ1n) is 6.88. The van der Waals surface area contributed by atoms with Gasteiger partial charge in [-0.25, -0.2) is 4.79 Å². The minimum atomic E-state index is -0.343. The highest BCUT2D eigenvalue weighted by Gasteiger charge is 2.40. The van der Waals surface area contributed by atoms with E-state index in [-0.39, 0.29) is 18.0 Å². The highest BCUT2D eigenvalue weighted by molar-refractivity contribution is 7.10. The predicted octanol–water partition coefficient (Wildman–Crippen LogP) is 2.46. The molecule has 5 nitrogen and oxygen atoms in total. The molecule has 22 heavy (non-hydrogen) atoms. The molecule has 2 aliphatic heterocycles. The largest absolute Gasteiger partial charge is 0.328 e. The van der Waals surface area contributed by atoms with Gasteiger partial charge < -0.3 is 15.5 Å². The van der Waals surface area contributed by atoms with Crippen molar-refractivity contribution in [3.63, 3.8) is 0 Å². The topological polar surface area (TPSA) is 61.4 Å². The normalized spacial score (nSPS) is 20.9. The summed E-state index contributed by atoms with van der Waals surface area (Å²) in [5.74, 6) is -0.00528. The van der Waals surface area contributed by atoms with Crippen LogP contribution in [-0.2, 0) is 11.3 Å². The number of rotatable bonds is 3. The molecule has 0 fully saturated rings. The van der Waals surface area contributed by atoms with Gasteiger partial charge in [0.1, 0.15) is 0 Å². The van der Waals surface area contributed by atoms with Crippen LogP contribution in [0.4, 0.5) is 4.79 Å². The van der Waals surface area contributed by atoms with Gasteiger partial charge in [0, 0.05) is 9.75 Å². The van der Waals surface area contributed by atoms with E-state index in [2.05, 4.69) is 10.6 Å². The van der Waals surface area contributed by atoms with Crippen LogP contribution in [0.15, 0.2) is 46.3 Å². The van der Waals surface area contributed by atoms with Crippen molar-refractivity contribution < 1.29 is 9.59 Å². The number of urea groups is 1. The number of amides is 3. The maximum atomic E-state index is 12.8. The van der Waals surface area contributed by atoms with Crippen LogP contribution in [0.25, 0.3) is 0 Å². The molecule has 0 saturated heterocycles. The lowest BCUT2D eigenvalue weighted by atomic mass is 10.0. The smallest absolute Gasteiger partial charge is 0.319 e. The van der Waals surface area contributed by atoms with Crippen LogP contribution in [0.5, 0.6) is 0 Å². The maximum Gasteiger partial charge on any atom is 0.319 e. The van der Waals surface area contributed by atoms with Gasteiger partial charge in [-0.15, -0.1) is 22.7 Å². The van der Waals surface area contributed by atoms with Crippen molar-refractivity contribution in [2.24, 2.45) is 0 Å². The van der Waals surface area contributed by atoms with E-state index < -0.39 is 0 Å². The Balaban J connectivity index is 1.64. The van der Waals surface area contributed by atoms with Crippen LogP contribution < -0.4 is 10.6 Å². The molecule has 2 N–H and O–H groups in total. The Kier molecular flexibility index (Phi) is 3.24. The minimum Gasteiger partial charge on any atom is -0.328 e. The van der Waals surface area contributed by atoms with E-state index in [1.165, 1.54) is 0 Å². The van der Waals surface area contributed by atoms with Crippen LogP contribution >= 0.6 is 22.7 Å². The number of carbonyl (C=O) groups excluding carboxylic acids is 2. The Morgan fingerprint density at radius 3 is 2.73 bits per heavy atom. The third-order valence-electron chi connectivity index (χ3n) is 3.77. The van der Waals surface area contributed by atoms with E-state index in [1.54, 1.807) is 27.6 Å². The molecule has 4 heterocycles. The lowest BCUT2D eigenvalue weighted by molar-refractivity contribution is -0.126. The van der Waals surface area contributed by atoms with E-state index >= 15 is 0 Å². The van der Waals surface area contributed by atoms with Gasteiger partial charge in [0.15, 0.2) is 0 Å². The maximum absolute atomic E-state index is 12.8. The second-order valence-electron chi connectivity index (χ2n) is 5.18. The number of carbonyl (C=O) groups is 2. The molecule has 0 spiro atoms. The molecule has 3 amide bonds. The predicted molar refractivity (Wildman–Crippen MR) is 85.5 cm³/mol. The monoisotopic (exact) mass is 331 g/mol. The second-order valence-corrected chi connectivity index (χ2v) is 7.19. The lowest BCUT2D eigenvalue weighted by Gasteiger charge is -2.24. The second kappa shape index (κ2) is 5.26. The summed E-state index contributed by atoms with van der Waals surface area (Å²) in [6.45, 7) is 1.04. The zero-order valence-corrected chi connectivity index (χ0v) is 13.2. The molecule has 2 aromatic heterocycles. The number of thiophene rings is 2. The van der Waals surface area contributed by atoms with Gasteiger partial charge in [-0.2, -0.15) is 0 Å². The Morgan fingerprint density at radius 2 is 2.00 bits per heavy atom. The summed E-state index contributed by atoms with van der Waals surface area (Å²) < 4.78 is 0. The summed E-state index contributed by atoms with van der Waals surface area (Å²) in [6.07, 6.45) is 0. The Bertz CT molecular complexity index is 750. The number of hydrogen-bond donors (Lipinski definition) is 2. The number of nitrogens with zero attached hydrogens (tertiary/aromatic N) is 1. The third-order valence-corrected chi connectivity index (χ3v) is 5.57. The molecule has 7 heteroatoms. The quantitative estimate of drug-likeness (QED) is 0.907. The van der Waals surface area contributed by atoms with Crippen LogP contribution in [0.1, 0.15) is 15.8 Å². The van der Waals surface area contributed by atoms with E-state index in [9.17, 15) is 9.59 Å². The molecule has 2 aliphatic rings. The van der Waals surface area contributed by atoms with Crippen molar-refractivity contribution >= 4 is 34.6 Å². The molecular formula is C15H13N3O2S2. The van der Waals surface area contributed by atoms with Gasteiger partial charge in [0.2, 0.25) is 0 Å². The molecule has 2 aromatic rings. The Labute approximate surface area is 135 Å². The fraction of sp³-hybridized carbons (Fsp3) is 0.200. The van der Waals surface area contributed by atoms with E-state index in [0.29, 0.717) is 18.7 Å². The van der Waals surface area contributed by atoms with Gasteiger partial charge in [0.25, 0.3) is 5.91 Å². The summed E-state index contributed by atoms with van der Waals surface area (Å²) in [7, 11) is 0. The van der Waals surface area contributed by atoms with Gasteiger partial charge in [-0.05, 0) is 22.9 Å². The minimum absolute atomic E-state index is 0.00528. The molecule has 0 radical (unpaired) electrons. The highest BCUT2D eigenvalue weighted by Crippen LogP contribution is 2.35. The van der Waals surface area contributed by atoms with Crippen molar-refractivity contribution in [3.05, 3.63) is 56.1 Å². The first kappa shape index (κ1) is 13.5. The standard InChI is InChI=1S/C15H13N3O2S2/c19-14-12-10(8-18(14)7-9-3-1-5-21-9)16-15(20)17-13(12)11-4-2-6-22-11/h1-6,13H,7-8H2,(H2,16,17,20). The molecule has 0 saturated carbocycles. The molecule has 1 atom stereocenters. The van der Waals surface area contributed by atoms with Crippen LogP contribution in [0.3, 0.4) is 0 Å². The van der Waals surface area contributed by atoms with Gasteiger partial charge in [0.05, 0.1) is 30.4 Å². The summed E-state index contributed by atoms with van der Waals surface area (Å²) in [5, 5.41) is 9.59. The Morgan fingerprint density at radius 1 is 1.18 bits per heavy atom. The fourth-order valence-electron chi connectivity index (χ4n) is 2.82. The molecule has 0 aliphatic carbocycles. The molecule has 4 rings (SSSR count). The molecular weight excluding hydrogens is 318 g/mol. The highest BCUT2D eigenvalue weighted by atomic mass is 32.1. The summed E-state index contributed by atoms with van der Waals surface area (Å²) in [6, 6.07) is 7.28. The average molecular weight is 331 g/mol. The van der Waals surface area contributed by atoms with E-state index in [4.69, 9.17) is 0 Å². The van der Waals surface area contributed by atoms with Crippen molar-refractivity contribution in [2.45, 2.75) is 12.6 Å². The summed E-state index contributed by atoms with van der Waals surface area (Å²) in [5.41, 5.74) is 1.39. The van der Waals surface area contributed by atoms with Gasteiger partial charge in [-0.3, -0.25) is 4.79 Å². The van der Waals surface area contributed by atoms with Crippen LogP contribution in [-0.4, -0.2) is 23.4 Å². The van der Waals surface area contributed by atoms with Crippen molar-refractivity contribution in [1.82, 2.24) is 15.5 Å². The Hall–Kier alpha value is -2.12. The van der Waals surface area contributed by atoms with Gasteiger partial charge in [-0.1, -0.05) is 12.1 Å². The molecule has 1 unspecified atom stereocenters. The average Bonchev–Trinajstić information content (AvgIpc) is 3.22. The zero-order valence-electron chi connectivity index (χ0n) is 11.5.